The van der Waals surface area contributed by atoms with E-state index in [1.165, 1.54) is 0 Å². The standard InChI is InChI=1S/C16H17IN9OP/c1-23-13(2-4-18-23)11-10-14(24-6-8-27-9-7-24)22-26-15(11)19-20-16(26)12-3-5-25(21-12)28-17/h2-5,10,28H,6-9H2,1H3. The lowest BCUT2D eigenvalue weighted by atomic mass is 10.2. The van der Waals surface area contributed by atoms with Gasteiger partial charge in [0.15, 0.2) is 11.5 Å². The van der Waals surface area contributed by atoms with Gasteiger partial charge in [-0.3, -0.25) is 4.68 Å². The van der Waals surface area contributed by atoms with Gasteiger partial charge in [-0.2, -0.15) is 14.7 Å². The molecule has 4 aromatic heterocycles. The second kappa shape index (κ2) is 7.37. The molecular formula is C16H17IN9OP. The Kier molecular flexibility index (Phi) is 4.73. The molecule has 0 spiro atoms. The zero-order chi connectivity index (χ0) is 19.1. The fraction of sp³-hybridized carbons (Fsp3) is 0.312. The highest BCUT2D eigenvalue weighted by molar-refractivity contribution is 14.2. The van der Waals surface area contributed by atoms with Crippen LogP contribution in [-0.2, 0) is 11.8 Å². The number of hydrogen-bond donors (Lipinski definition) is 0. The highest BCUT2D eigenvalue weighted by Gasteiger charge is 2.21. The van der Waals surface area contributed by atoms with Crippen LogP contribution in [0.15, 0.2) is 30.6 Å². The van der Waals surface area contributed by atoms with Crippen molar-refractivity contribution >= 4 is 39.9 Å². The van der Waals surface area contributed by atoms with Gasteiger partial charge in [-0.05, 0) is 40.2 Å². The third kappa shape index (κ3) is 3.07. The van der Waals surface area contributed by atoms with Gasteiger partial charge in [0.05, 0.1) is 30.8 Å². The van der Waals surface area contributed by atoms with Crippen molar-refractivity contribution in [3.05, 3.63) is 30.6 Å². The van der Waals surface area contributed by atoms with Crippen molar-refractivity contribution < 1.29 is 4.74 Å². The van der Waals surface area contributed by atoms with Crippen molar-refractivity contribution in [2.24, 2.45) is 7.05 Å². The van der Waals surface area contributed by atoms with Crippen LogP contribution in [-0.4, -0.2) is 65.4 Å². The van der Waals surface area contributed by atoms with Crippen LogP contribution in [0.2, 0.25) is 0 Å². The second-order valence-corrected chi connectivity index (χ2v) is 8.42. The van der Waals surface area contributed by atoms with Crippen LogP contribution in [0.4, 0.5) is 5.82 Å². The van der Waals surface area contributed by atoms with Gasteiger partial charge in [0.2, 0.25) is 5.82 Å². The van der Waals surface area contributed by atoms with Gasteiger partial charge in [0.25, 0.3) is 0 Å². The third-order valence-corrected chi connectivity index (χ3v) is 6.60. The molecule has 1 saturated heterocycles. The van der Waals surface area contributed by atoms with Crippen molar-refractivity contribution in [1.29, 1.82) is 0 Å². The molecule has 1 unspecified atom stereocenters. The van der Waals surface area contributed by atoms with Gasteiger partial charge in [0, 0.05) is 32.5 Å². The van der Waals surface area contributed by atoms with Crippen LogP contribution in [0, 0.1) is 0 Å². The normalized spacial score (nSPS) is 15.3. The van der Waals surface area contributed by atoms with E-state index in [0.717, 1.165) is 35.9 Å². The molecule has 4 aromatic rings. The molecule has 0 N–H and O–H groups in total. The van der Waals surface area contributed by atoms with Crippen LogP contribution >= 0.6 is 28.4 Å². The maximum Gasteiger partial charge on any atom is 0.205 e. The zero-order valence-electron chi connectivity index (χ0n) is 15.0. The summed E-state index contributed by atoms with van der Waals surface area (Å²) in [5, 5.41) is 22.6. The number of morpholine rings is 1. The van der Waals surface area contributed by atoms with Gasteiger partial charge in [-0.1, -0.05) is 0 Å². The van der Waals surface area contributed by atoms with Crippen LogP contribution in [0.25, 0.3) is 28.4 Å². The van der Waals surface area contributed by atoms with Crippen molar-refractivity contribution in [1.82, 2.24) is 39.1 Å². The summed E-state index contributed by atoms with van der Waals surface area (Å²) < 4.78 is 11.0. The number of halogens is 1. The van der Waals surface area contributed by atoms with E-state index in [1.807, 2.05) is 34.5 Å². The zero-order valence-corrected chi connectivity index (χ0v) is 18.2. The highest BCUT2D eigenvalue weighted by Crippen LogP contribution is 2.30. The lowest BCUT2D eigenvalue weighted by Gasteiger charge is -2.28. The number of rotatable bonds is 4. The molecule has 1 atom stereocenters. The number of anilines is 1. The monoisotopic (exact) mass is 509 g/mol. The number of aryl methyl sites for hydroxylation is 1. The predicted octanol–water partition coefficient (Wildman–Crippen LogP) is 2.02. The minimum Gasteiger partial charge on any atom is -0.378 e. The molecule has 0 amide bonds. The van der Waals surface area contributed by atoms with Gasteiger partial charge in [-0.15, -0.1) is 15.3 Å². The van der Waals surface area contributed by atoms with Crippen molar-refractivity contribution in [2.45, 2.75) is 0 Å². The molecule has 0 bridgehead atoms. The summed E-state index contributed by atoms with van der Waals surface area (Å²) in [5.74, 6) is 1.49. The first kappa shape index (κ1) is 18.0. The lowest BCUT2D eigenvalue weighted by molar-refractivity contribution is 0.122. The first-order valence-corrected chi connectivity index (χ1v) is 12.8. The van der Waals surface area contributed by atoms with E-state index in [4.69, 9.17) is 9.84 Å². The molecule has 1 fully saturated rings. The number of fused-ring (bicyclic) bond motifs is 1. The highest BCUT2D eigenvalue weighted by atomic mass is 127. The lowest BCUT2D eigenvalue weighted by Crippen LogP contribution is -2.37. The largest absolute Gasteiger partial charge is 0.378 e. The summed E-state index contributed by atoms with van der Waals surface area (Å²) in [6, 6.07) is 5.97. The van der Waals surface area contributed by atoms with E-state index in [-0.39, 0.29) is 0 Å². The van der Waals surface area contributed by atoms with E-state index in [0.29, 0.717) is 31.1 Å². The Hall–Kier alpha value is -2.11. The summed E-state index contributed by atoms with van der Waals surface area (Å²) in [5.41, 5.74) is 3.33. The molecule has 28 heavy (non-hydrogen) atoms. The van der Waals surface area contributed by atoms with Crippen LogP contribution in [0.1, 0.15) is 0 Å². The Labute approximate surface area is 175 Å². The average Bonchev–Trinajstić information content (AvgIpc) is 3.46. The minimum absolute atomic E-state index is 0.525. The van der Waals surface area contributed by atoms with E-state index < -0.39 is 0 Å². The van der Waals surface area contributed by atoms with Crippen molar-refractivity contribution in [3.63, 3.8) is 0 Å². The Morgan fingerprint density at radius 2 is 2.00 bits per heavy atom. The van der Waals surface area contributed by atoms with E-state index in [1.54, 1.807) is 10.7 Å². The SMILES string of the molecule is Cn1nccc1-c1cc(N2CCOCC2)nn2c(-c3ccn(PI)n3)nnc12. The Bertz CT molecular complexity index is 1130. The van der Waals surface area contributed by atoms with Crippen LogP contribution in [0.5, 0.6) is 0 Å². The third-order valence-electron chi connectivity index (χ3n) is 4.69. The fourth-order valence-corrected chi connectivity index (χ4v) is 4.37. The van der Waals surface area contributed by atoms with E-state index >= 15 is 0 Å². The Morgan fingerprint density at radius 1 is 1.14 bits per heavy atom. The number of ether oxygens (including phenoxy) is 1. The summed E-state index contributed by atoms with van der Waals surface area (Å²) in [7, 11) is 1.92. The first-order chi connectivity index (χ1) is 13.7. The molecule has 5 rings (SSSR count). The molecule has 0 saturated carbocycles. The molecule has 1 aliphatic heterocycles. The summed E-state index contributed by atoms with van der Waals surface area (Å²) in [4.78, 5) is 2.22. The predicted molar refractivity (Wildman–Crippen MR) is 115 cm³/mol. The second-order valence-electron chi connectivity index (χ2n) is 6.34. The summed E-state index contributed by atoms with van der Waals surface area (Å²) >= 11 is 2.29. The maximum atomic E-state index is 5.50. The molecule has 5 heterocycles. The number of nitrogens with zero attached hydrogens (tertiary/aromatic N) is 9. The van der Waals surface area contributed by atoms with Crippen molar-refractivity contribution in [2.75, 3.05) is 31.2 Å². The van der Waals surface area contributed by atoms with Crippen LogP contribution in [0.3, 0.4) is 0 Å². The topological polar surface area (TPSA) is 91.2 Å². The van der Waals surface area contributed by atoms with Gasteiger partial charge in [0.1, 0.15) is 5.69 Å². The minimum atomic E-state index is 0.525. The average molecular weight is 509 g/mol. The van der Waals surface area contributed by atoms with E-state index in [9.17, 15) is 0 Å². The number of hydrogen-bond acceptors (Lipinski definition) is 7. The summed E-state index contributed by atoms with van der Waals surface area (Å²) in [6.45, 7) is 2.98. The maximum absolute atomic E-state index is 5.50. The fourth-order valence-electron chi connectivity index (χ4n) is 3.29. The number of aromatic nitrogens is 8. The molecule has 0 aliphatic carbocycles. The Morgan fingerprint density at radius 3 is 2.71 bits per heavy atom. The molecule has 1 aliphatic rings. The van der Waals surface area contributed by atoms with E-state index in [2.05, 4.69) is 53.4 Å². The van der Waals surface area contributed by atoms with Crippen molar-refractivity contribution in [3.8, 4) is 22.8 Å². The molecule has 12 heteroatoms. The van der Waals surface area contributed by atoms with Gasteiger partial charge >= 0.3 is 0 Å². The van der Waals surface area contributed by atoms with Crippen LogP contribution < -0.4 is 4.90 Å². The summed E-state index contributed by atoms with van der Waals surface area (Å²) in [6.07, 6.45) is 4.24. The molecule has 0 radical (unpaired) electrons. The van der Waals surface area contributed by atoms with Gasteiger partial charge < -0.3 is 9.64 Å². The molecular weight excluding hydrogens is 492 g/mol. The smallest absolute Gasteiger partial charge is 0.205 e. The molecule has 0 aromatic carbocycles. The quantitative estimate of drug-likeness (QED) is 0.307. The molecule has 10 nitrogen and oxygen atoms in total. The van der Waals surface area contributed by atoms with Gasteiger partial charge in [-0.25, -0.2) is 4.45 Å². The molecule has 144 valence electrons. The Balaban J connectivity index is 1.72. The first-order valence-electron chi connectivity index (χ1n) is 8.75.